The van der Waals surface area contributed by atoms with Crippen molar-refractivity contribution in [3.05, 3.63) is 34.8 Å². The third kappa shape index (κ3) is 5.46. The van der Waals surface area contributed by atoms with Gasteiger partial charge in [0.1, 0.15) is 10.6 Å². The number of hydrogen-bond donors (Lipinski definition) is 0. The SMILES string of the molecule is C=CCCCCCOc1c(C)cc(Br)cc1S(=O)(=O)Cl. The molecule has 0 bridgehead atoms. The van der Waals surface area contributed by atoms with Gasteiger partial charge in [0.25, 0.3) is 9.05 Å². The van der Waals surface area contributed by atoms with Gasteiger partial charge in [0, 0.05) is 15.2 Å². The third-order valence-corrected chi connectivity index (χ3v) is 4.55. The summed E-state index contributed by atoms with van der Waals surface area (Å²) in [6, 6.07) is 3.26. The van der Waals surface area contributed by atoms with Gasteiger partial charge in [-0.15, -0.1) is 6.58 Å². The molecule has 0 saturated carbocycles. The summed E-state index contributed by atoms with van der Waals surface area (Å²) in [5, 5.41) is 0. The maximum Gasteiger partial charge on any atom is 0.265 e. The van der Waals surface area contributed by atoms with Crippen molar-refractivity contribution in [1.29, 1.82) is 0 Å². The molecule has 0 amide bonds. The molecule has 0 atom stereocenters. The van der Waals surface area contributed by atoms with Gasteiger partial charge in [-0.3, -0.25) is 0 Å². The number of halogens is 2. The summed E-state index contributed by atoms with van der Waals surface area (Å²) in [7, 11) is 1.62. The largest absolute Gasteiger partial charge is 0.492 e. The first-order valence-corrected chi connectivity index (χ1v) is 9.45. The molecule has 0 heterocycles. The Morgan fingerprint density at radius 2 is 2.05 bits per heavy atom. The number of benzene rings is 1. The third-order valence-electron chi connectivity index (χ3n) is 2.77. The molecule has 0 aromatic heterocycles. The Hall–Kier alpha value is -0.520. The molecule has 0 unspecified atom stereocenters. The van der Waals surface area contributed by atoms with E-state index < -0.39 is 9.05 Å². The molecule has 0 saturated heterocycles. The van der Waals surface area contributed by atoms with Gasteiger partial charge in [0.2, 0.25) is 0 Å². The molecule has 0 aliphatic carbocycles. The van der Waals surface area contributed by atoms with Crippen LogP contribution < -0.4 is 4.74 Å². The molecule has 112 valence electrons. The average Bonchev–Trinajstić information content (AvgIpc) is 2.34. The summed E-state index contributed by atoms with van der Waals surface area (Å²) in [5.41, 5.74) is 0.740. The Morgan fingerprint density at radius 3 is 2.65 bits per heavy atom. The second-order valence-corrected chi connectivity index (χ2v) is 7.92. The number of aryl methyl sites for hydroxylation is 1. The van der Waals surface area contributed by atoms with E-state index in [0.717, 1.165) is 31.2 Å². The predicted molar refractivity (Wildman–Crippen MR) is 86.1 cm³/mol. The van der Waals surface area contributed by atoms with Crippen LogP contribution in [-0.2, 0) is 9.05 Å². The van der Waals surface area contributed by atoms with Crippen molar-refractivity contribution in [2.45, 2.75) is 37.5 Å². The maximum absolute atomic E-state index is 11.6. The van der Waals surface area contributed by atoms with E-state index in [1.807, 2.05) is 6.08 Å². The van der Waals surface area contributed by atoms with Crippen LogP contribution in [0.3, 0.4) is 0 Å². The molecule has 0 N–H and O–H groups in total. The Labute approximate surface area is 133 Å². The fourth-order valence-electron chi connectivity index (χ4n) is 1.81. The zero-order chi connectivity index (χ0) is 15.2. The van der Waals surface area contributed by atoms with Gasteiger partial charge in [-0.25, -0.2) is 8.42 Å². The van der Waals surface area contributed by atoms with Crippen LogP contribution in [0.5, 0.6) is 5.75 Å². The van der Waals surface area contributed by atoms with Crippen LogP contribution in [0.15, 0.2) is 34.2 Å². The first-order valence-electron chi connectivity index (χ1n) is 6.34. The normalized spacial score (nSPS) is 11.3. The van der Waals surface area contributed by atoms with Gasteiger partial charge < -0.3 is 4.74 Å². The molecule has 3 nitrogen and oxygen atoms in total. The standard InChI is InChI=1S/C14H18BrClO3S/c1-3-4-5-6-7-8-19-14-11(2)9-12(15)10-13(14)20(16,17)18/h3,9-10H,1,4-8H2,2H3. The van der Waals surface area contributed by atoms with E-state index in [1.165, 1.54) is 6.07 Å². The molecule has 1 aromatic carbocycles. The second-order valence-electron chi connectivity index (χ2n) is 4.47. The number of rotatable bonds is 8. The van der Waals surface area contributed by atoms with Crippen molar-refractivity contribution in [3.8, 4) is 5.75 Å². The molecule has 0 aliphatic heterocycles. The molecular weight excluding hydrogens is 364 g/mol. The lowest BCUT2D eigenvalue weighted by atomic mass is 10.2. The number of unbranched alkanes of at least 4 members (excludes halogenated alkanes) is 3. The van der Waals surface area contributed by atoms with Crippen molar-refractivity contribution in [2.75, 3.05) is 6.61 Å². The molecule has 20 heavy (non-hydrogen) atoms. The van der Waals surface area contributed by atoms with Crippen molar-refractivity contribution in [2.24, 2.45) is 0 Å². The highest BCUT2D eigenvalue weighted by Gasteiger charge is 2.19. The number of ether oxygens (including phenoxy) is 1. The summed E-state index contributed by atoms with van der Waals surface area (Å²) in [4.78, 5) is 0.0112. The van der Waals surface area contributed by atoms with Gasteiger partial charge in [-0.2, -0.15) is 0 Å². The highest BCUT2D eigenvalue weighted by atomic mass is 79.9. The highest BCUT2D eigenvalue weighted by molar-refractivity contribution is 9.10. The van der Waals surface area contributed by atoms with Crippen LogP contribution in [-0.4, -0.2) is 15.0 Å². The van der Waals surface area contributed by atoms with E-state index in [2.05, 4.69) is 22.5 Å². The van der Waals surface area contributed by atoms with Crippen molar-refractivity contribution < 1.29 is 13.2 Å². The van der Waals surface area contributed by atoms with Crippen LogP contribution in [0.25, 0.3) is 0 Å². The topological polar surface area (TPSA) is 43.4 Å². The van der Waals surface area contributed by atoms with Gasteiger partial charge in [0.05, 0.1) is 6.61 Å². The van der Waals surface area contributed by atoms with Gasteiger partial charge in [0.15, 0.2) is 0 Å². The Balaban J connectivity index is 2.76. The fraction of sp³-hybridized carbons (Fsp3) is 0.429. The first kappa shape index (κ1) is 17.5. The highest BCUT2D eigenvalue weighted by Crippen LogP contribution is 2.33. The van der Waals surface area contributed by atoms with Crippen molar-refractivity contribution in [3.63, 3.8) is 0 Å². The van der Waals surface area contributed by atoms with E-state index in [-0.39, 0.29) is 4.90 Å². The van der Waals surface area contributed by atoms with Crippen molar-refractivity contribution >= 4 is 35.7 Å². The van der Waals surface area contributed by atoms with Crippen LogP contribution in [0.2, 0.25) is 0 Å². The summed E-state index contributed by atoms with van der Waals surface area (Å²) in [6.45, 7) is 5.93. The van der Waals surface area contributed by atoms with E-state index in [1.54, 1.807) is 13.0 Å². The van der Waals surface area contributed by atoms with Gasteiger partial charge >= 0.3 is 0 Å². The smallest absolute Gasteiger partial charge is 0.265 e. The summed E-state index contributed by atoms with van der Waals surface area (Å²) >= 11 is 3.26. The molecule has 1 aromatic rings. The molecule has 0 fully saturated rings. The average molecular weight is 382 g/mol. The Morgan fingerprint density at radius 1 is 1.35 bits per heavy atom. The number of hydrogen-bond acceptors (Lipinski definition) is 3. The van der Waals surface area contributed by atoms with E-state index >= 15 is 0 Å². The van der Waals surface area contributed by atoms with Gasteiger partial charge in [-0.1, -0.05) is 22.0 Å². The summed E-state index contributed by atoms with van der Waals surface area (Å²) < 4.78 is 29.5. The molecule has 6 heteroatoms. The Kier molecular flexibility index (Phi) is 7.06. The van der Waals surface area contributed by atoms with Gasteiger partial charge in [-0.05, 0) is 50.3 Å². The van der Waals surface area contributed by atoms with E-state index in [0.29, 0.717) is 16.8 Å². The lowest BCUT2D eigenvalue weighted by Crippen LogP contribution is -2.04. The second kappa shape index (κ2) is 8.05. The summed E-state index contributed by atoms with van der Waals surface area (Å²) in [6.07, 6.45) is 5.82. The summed E-state index contributed by atoms with van der Waals surface area (Å²) in [5.74, 6) is 0.340. The molecule has 0 spiro atoms. The Bertz CT molecular complexity index is 570. The minimum Gasteiger partial charge on any atom is -0.492 e. The first-order chi connectivity index (χ1) is 9.36. The molecule has 0 aliphatic rings. The van der Waals surface area contributed by atoms with Crippen LogP contribution >= 0.6 is 26.6 Å². The minimum atomic E-state index is -3.83. The van der Waals surface area contributed by atoms with E-state index in [9.17, 15) is 8.42 Å². The van der Waals surface area contributed by atoms with E-state index in [4.69, 9.17) is 15.4 Å². The zero-order valence-electron chi connectivity index (χ0n) is 11.4. The monoisotopic (exact) mass is 380 g/mol. The predicted octanol–water partition coefficient (Wildman–Crippen LogP) is 4.81. The molecule has 0 radical (unpaired) electrons. The molecular formula is C14H18BrClO3S. The van der Waals surface area contributed by atoms with Crippen LogP contribution in [0, 0.1) is 6.92 Å². The lowest BCUT2D eigenvalue weighted by molar-refractivity contribution is 0.296. The fourth-order valence-corrected chi connectivity index (χ4v) is 3.58. The zero-order valence-corrected chi connectivity index (χ0v) is 14.5. The molecule has 1 rings (SSSR count). The lowest BCUT2D eigenvalue weighted by Gasteiger charge is -2.13. The number of allylic oxidation sites excluding steroid dienone is 1. The van der Waals surface area contributed by atoms with Crippen molar-refractivity contribution in [1.82, 2.24) is 0 Å². The van der Waals surface area contributed by atoms with Crippen LogP contribution in [0.1, 0.15) is 31.2 Å². The minimum absolute atomic E-state index is 0.0112. The quantitative estimate of drug-likeness (QED) is 0.369. The van der Waals surface area contributed by atoms with Crippen LogP contribution in [0.4, 0.5) is 0 Å². The maximum atomic E-state index is 11.6.